The molecule has 0 rings (SSSR count). The molecule has 0 spiro atoms. The number of nitrogens with one attached hydrogen (secondary N) is 2. The van der Waals surface area contributed by atoms with Gasteiger partial charge in [0, 0.05) is 19.6 Å². The summed E-state index contributed by atoms with van der Waals surface area (Å²) in [4.78, 5) is 43.3. The lowest BCUT2D eigenvalue weighted by Crippen LogP contribution is -2.46. The number of carbonyl (C=O) groups excluding carboxylic acids is 3. The van der Waals surface area contributed by atoms with Crippen LogP contribution in [0.5, 0.6) is 0 Å². The van der Waals surface area contributed by atoms with Crippen LogP contribution in [0.25, 0.3) is 0 Å². The molecular weight excluding hydrogens is 395 g/mol. The smallest absolute Gasteiger partial charge is 0.325 e. The molecule has 0 saturated heterocycles. The molecule has 0 aromatic heterocycles. The molecule has 8 nitrogen and oxygen atoms in total. The highest BCUT2D eigenvalue weighted by Gasteiger charge is 2.18. The lowest BCUT2D eigenvalue weighted by molar-refractivity contribution is -0.123. The maximum atomic E-state index is 11.8. The zero-order valence-corrected chi connectivity index (χ0v) is 19.1. The molecule has 0 aliphatic heterocycles. The van der Waals surface area contributed by atoms with Crippen molar-refractivity contribution in [1.82, 2.24) is 10.6 Å². The van der Waals surface area contributed by atoms with E-state index < -0.39 is 19.7 Å². The fourth-order valence-corrected chi connectivity index (χ4v) is 3.34. The van der Waals surface area contributed by atoms with Gasteiger partial charge in [0.05, 0.1) is 12.6 Å². The van der Waals surface area contributed by atoms with Gasteiger partial charge in [0.1, 0.15) is 5.78 Å². The summed E-state index contributed by atoms with van der Waals surface area (Å²) in [6, 6.07) is -1.15. The van der Waals surface area contributed by atoms with Crippen molar-refractivity contribution in [2.75, 3.05) is 19.8 Å². The van der Waals surface area contributed by atoms with Gasteiger partial charge in [-0.25, -0.2) is 4.79 Å². The predicted molar refractivity (Wildman–Crippen MR) is 114 cm³/mol. The quantitative estimate of drug-likeness (QED) is 0.222. The third-order valence-electron chi connectivity index (χ3n) is 4.48. The Balaban J connectivity index is 3.46. The average Bonchev–Trinajstić information content (AvgIpc) is 2.60. The van der Waals surface area contributed by atoms with Crippen molar-refractivity contribution < 1.29 is 28.4 Å². The summed E-state index contributed by atoms with van der Waals surface area (Å²) in [6.07, 6.45) is 10.8. The van der Waals surface area contributed by atoms with Crippen molar-refractivity contribution in [1.29, 1.82) is 0 Å². The van der Waals surface area contributed by atoms with E-state index in [-0.39, 0.29) is 18.0 Å². The number of hydrogen-bond donors (Lipinski definition) is 3. The highest BCUT2D eigenvalue weighted by Crippen LogP contribution is 2.36. The molecular formula is C20H39N2O6P. The number of ketones is 2. The van der Waals surface area contributed by atoms with Gasteiger partial charge in [0.2, 0.25) is 0 Å². The Morgan fingerprint density at radius 2 is 1.38 bits per heavy atom. The zero-order valence-electron chi connectivity index (χ0n) is 18.2. The molecule has 0 aliphatic rings. The summed E-state index contributed by atoms with van der Waals surface area (Å²) < 4.78 is 15.8. The normalized spacial score (nSPS) is 14.1. The first-order chi connectivity index (χ1) is 13.6. The third kappa shape index (κ3) is 19.8. The van der Waals surface area contributed by atoms with Crippen LogP contribution < -0.4 is 10.6 Å². The monoisotopic (exact) mass is 434 g/mol. The van der Waals surface area contributed by atoms with Crippen LogP contribution in [0.15, 0.2) is 0 Å². The van der Waals surface area contributed by atoms with Crippen LogP contribution in [0, 0.1) is 0 Å². The maximum absolute atomic E-state index is 11.8. The van der Waals surface area contributed by atoms with E-state index in [2.05, 4.69) is 10.6 Å². The van der Waals surface area contributed by atoms with Crippen LogP contribution in [0.1, 0.15) is 84.5 Å². The molecule has 2 unspecified atom stereocenters. The highest BCUT2D eigenvalue weighted by atomic mass is 31.2. The molecule has 0 heterocycles. The first-order valence-electron chi connectivity index (χ1n) is 10.6. The number of Topliss-reactive ketones (excluding diaryl/α,β-unsaturated/α-hetero) is 2. The Kier molecular flexibility index (Phi) is 15.8. The summed E-state index contributed by atoms with van der Waals surface area (Å²) in [5.74, 6) is -0.352. The van der Waals surface area contributed by atoms with Crippen molar-refractivity contribution in [2.24, 2.45) is 0 Å². The summed E-state index contributed by atoms with van der Waals surface area (Å²) in [5, 5.41) is 5.27. The van der Waals surface area contributed by atoms with E-state index in [0.717, 1.165) is 38.5 Å². The molecule has 170 valence electrons. The molecule has 9 heteroatoms. The van der Waals surface area contributed by atoms with E-state index in [1.807, 2.05) is 0 Å². The number of rotatable bonds is 18. The largest absolute Gasteiger partial charge is 0.338 e. The van der Waals surface area contributed by atoms with Gasteiger partial charge in [0.15, 0.2) is 5.78 Å². The second-order valence-electron chi connectivity index (χ2n) is 7.64. The van der Waals surface area contributed by atoms with Gasteiger partial charge in [-0.1, -0.05) is 51.4 Å². The fourth-order valence-electron chi connectivity index (χ4n) is 2.87. The van der Waals surface area contributed by atoms with Crippen molar-refractivity contribution in [3.05, 3.63) is 0 Å². The average molecular weight is 435 g/mol. The molecule has 29 heavy (non-hydrogen) atoms. The van der Waals surface area contributed by atoms with Gasteiger partial charge in [-0.15, -0.1) is 0 Å². The van der Waals surface area contributed by atoms with Crippen molar-refractivity contribution in [3.63, 3.8) is 0 Å². The first-order valence-corrected chi connectivity index (χ1v) is 12.6. The molecule has 0 saturated carbocycles. The number of urea groups is 1. The Hall–Kier alpha value is -1.24. The topological polar surface area (TPSA) is 122 Å². The summed E-state index contributed by atoms with van der Waals surface area (Å²) in [6.45, 7) is 4.87. The number of amides is 2. The molecule has 2 amide bonds. The lowest BCUT2D eigenvalue weighted by Gasteiger charge is -2.15. The third-order valence-corrected chi connectivity index (χ3v) is 5.14. The van der Waals surface area contributed by atoms with Crippen molar-refractivity contribution >= 4 is 25.2 Å². The minimum Gasteiger partial charge on any atom is -0.338 e. The molecule has 0 aliphatic carbocycles. The van der Waals surface area contributed by atoms with Crippen LogP contribution in [-0.4, -0.2) is 48.3 Å². The minimum atomic E-state index is -3.32. The van der Waals surface area contributed by atoms with Crippen LogP contribution in [-0.2, 0) is 18.7 Å². The molecule has 3 N–H and O–H groups in total. The van der Waals surface area contributed by atoms with Crippen LogP contribution in [0.3, 0.4) is 0 Å². The Morgan fingerprint density at radius 1 is 0.897 bits per heavy atom. The first kappa shape index (κ1) is 27.8. The van der Waals surface area contributed by atoms with Gasteiger partial charge in [-0.2, -0.15) is 0 Å². The van der Waals surface area contributed by atoms with Gasteiger partial charge < -0.3 is 20.1 Å². The van der Waals surface area contributed by atoms with Crippen molar-refractivity contribution in [3.8, 4) is 0 Å². The Morgan fingerprint density at radius 3 is 1.83 bits per heavy atom. The Labute approximate surface area is 175 Å². The second kappa shape index (κ2) is 16.5. The van der Waals surface area contributed by atoms with E-state index in [4.69, 9.17) is 9.42 Å². The minimum absolute atomic E-state index is 0.0278. The zero-order chi connectivity index (χ0) is 22.1. The SMILES string of the molecule is CC(=O)CC(NC(=O)NCCCCCCCCCCCCOP(C)(=O)O)C(C)=O. The van der Waals surface area contributed by atoms with Gasteiger partial charge in [-0.05, 0) is 26.7 Å². The number of carbonyl (C=O) groups is 3. The van der Waals surface area contributed by atoms with Gasteiger partial charge in [-0.3, -0.25) is 14.2 Å². The van der Waals surface area contributed by atoms with E-state index in [1.165, 1.54) is 46.2 Å². The fraction of sp³-hybridized carbons (Fsp3) is 0.850. The van der Waals surface area contributed by atoms with Crippen LogP contribution in [0.4, 0.5) is 4.79 Å². The highest BCUT2D eigenvalue weighted by molar-refractivity contribution is 7.51. The molecule has 0 fully saturated rings. The Bertz CT molecular complexity index is 535. The second-order valence-corrected chi connectivity index (χ2v) is 9.51. The van der Waals surface area contributed by atoms with E-state index in [9.17, 15) is 18.9 Å². The van der Waals surface area contributed by atoms with Crippen molar-refractivity contribution in [2.45, 2.75) is 90.5 Å². The van der Waals surface area contributed by atoms with E-state index >= 15 is 0 Å². The van der Waals surface area contributed by atoms with E-state index in [1.54, 1.807) is 0 Å². The standard InChI is InChI=1S/C20H39N2O6P/c1-17(23)16-19(18(2)24)22-20(25)21-14-12-10-8-6-4-5-7-9-11-13-15-28-29(3,26)27/h19H,4-16H2,1-3H3,(H,26,27)(H2,21,22,25). The number of hydrogen-bond acceptors (Lipinski definition) is 5. The van der Waals surface area contributed by atoms with Gasteiger partial charge >= 0.3 is 13.6 Å². The molecule has 2 atom stereocenters. The lowest BCUT2D eigenvalue weighted by atomic mass is 10.1. The summed E-state index contributed by atoms with van der Waals surface area (Å²) in [5.41, 5.74) is 0. The maximum Gasteiger partial charge on any atom is 0.325 e. The summed E-state index contributed by atoms with van der Waals surface area (Å²) >= 11 is 0. The molecule has 0 aromatic carbocycles. The molecule has 0 aromatic rings. The predicted octanol–water partition coefficient (Wildman–Crippen LogP) is 3.96. The molecule has 0 bridgehead atoms. The van der Waals surface area contributed by atoms with Crippen LogP contribution >= 0.6 is 7.60 Å². The van der Waals surface area contributed by atoms with E-state index in [0.29, 0.717) is 13.2 Å². The van der Waals surface area contributed by atoms with Crippen LogP contribution in [0.2, 0.25) is 0 Å². The number of unbranched alkanes of at least 4 members (excludes halogenated alkanes) is 9. The van der Waals surface area contributed by atoms with Gasteiger partial charge in [0.25, 0.3) is 0 Å². The summed E-state index contributed by atoms with van der Waals surface area (Å²) in [7, 11) is -3.32. The molecule has 0 radical (unpaired) electrons.